The van der Waals surface area contributed by atoms with Gasteiger partial charge in [0.25, 0.3) is 11.8 Å². The summed E-state index contributed by atoms with van der Waals surface area (Å²) in [5.41, 5.74) is 1.09. The van der Waals surface area contributed by atoms with Gasteiger partial charge in [-0.15, -0.1) is 0 Å². The van der Waals surface area contributed by atoms with Crippen LogP contribution >= 0.6 is 0 Å². The molecule has 29 heavy (non-hydrogen) atoms. The highest BCUT2D eigenvalue weighted by Gasteiger charge is 2.21. The van der Waals surface area contributed by atoms with E-state index in [9.17, 15) is 22.8 Å². The number of hydrogen-bond donors (Lipinski definition) is 1. The molecule has 0 radical (unpaired) electrons. The van der Waals surface area contributed by atoms with E-state index in [2.05, 4.69) is 5.32 Å². The maximum atomic E-state index is 12.2. The lowest BCUT2D eigenvalue weighted by Crippen LogP contribution is -2.34. The molecule has 0 fully saturated rings. The van der Waals surface area contributed by atoms with E-state index in [4.69, 9.17) is 4.74 Å². The SMILES string of the molecule is CC(C)(C)c1ccc(C(=O)NC(=O)COC(=O)c2ccccc2S(C)(=O)=O)cc1. The maximum Gasteiger partial charge on any atom is 0.339 e. The molecule has 0 aliphatic carbocycles. The fourth-order valence-electron chi connectivity index (χ4n) is 2.52. The van der Waals surface area contributed by atoms with E-state index in [1.165, 1.54) is 24.3 Å². The van der Waals surface area contributed by atoms with Gasteiger partial charge in [-0.1, -0.05) is 45.0 Å². The van der Waals surface area contributed by atoms with E-state index in [1.54, 1.807) is 12.1 Å². The predicted octanol–water partition coefficient (Wildman–Crippen LogP) is 2.50. The van der Waals surface area contributed by atoms with Crippen LogP contribution in [0.5, 0.6) is 0 Å². The van der Waals surface area contributed by atoms with Crippen LogP contribution in [0.1, 0.15) is 47.1 Å². The number of carbonyl (C=O) groups excluding carboxylic acids is 3. The largest absolute Gasteiger partial charge is 0.452 e. The molecule has 0 aliphatic rings. The molecule has 0 saturated carbocycles. The summed E-state index contributed by atoms with van der Waals surface area (Å²) in [4.78, 5) is 36.1. The third kappa shape index (κ3) is 5.99. The van der Waals surface area contributed by atoms with Gasteiger partial charge in [0.05, 0.1) is 10.5 Å². The van der Waals surface area contributed by atoms with Gasteiger partial charge in [-0.25, -0.2) is 13.2 Å². The van der Waals surface area contributed by atoms with Crippen LogP contribution in [0.15, 0.2) is 53.4 Å². The van der Waals surface area contributed by atoms with E-state index in [0.717, 1.165) is 11.8 Å². The Morgan fingerprint density at radius 1 is 0.966 bits per heavy atom. The lowest BCUT2D eigenvalue weighted by atomic mass is 9.87. The van der Waals surface area contributed by atoms with Gasteiger partial charge in [-0.2, -0.15) is 0 Å². The number of ether oxygens (including phenoxy) is 1. The molecule has 8 heteroatoms. The molecule has 154 valence electrons. The summed E-state index contributed by atoms with van der Waals surface area (Å²) in [5, 5.41) is 2.13. The smallest absolute Gasteiger partial charge is 0.339 e. The molecule has 0 aromatic heterocycles. The number of carbonyl (C=O) groups is 3. The maximum absolute atomic E-state index is 12.2. The van der Waals surface area contributed by atoms with E-state index in [1.807, 2.05) is 32.9 Å². The molecule has 1 N–H and O–H groups in total. The molecule has 7 nitrogen and oxygen atoms in total. The molecular weight excluding hydrogens is 394 g/mol. The Balaban J connectivity index is 1.98. The van der Waals surface area contributed by atoms with Crippen molar-refractivity contribution in [3.63, 3.8) is 0 Å². The van der Waals surface area contributed by atoms with Gasteiger partial charge in [-0.3, -0.25) is 14.9 Å². The lowest BCUT2D eigenvalue weighted by molar-refractivity contribution is -0.123. The molecule has 0 aliphatic heterocycles. The van der Waals surface area contributed by atoms with Gasteiger partial charge in [0.2, 0.25) is 0 Å². The summed E-state index contributed by atoms with van der Waals surface area (Å²) < 4.78 is 28.4. The van der Waals surface area contributed by atoms with Crippen molar-refractivity contribution in [1.29, 1.82) is 0 Å². The van der Waals surface area contributed by atoms with Crippen LogP contribution in [-0.4, -0.2) is 39.1 Å². The number of nitrogens with one attached hydrogen (secondary N) is 1. The molecule has 0 spiro atoms. The van der Waals surface area contributed by atoms with Crippen molar-refractivity contribution in [3.05, 3.63) is 65.2 Å². The second kappa shape index (κ2) is 8.57. The van der Waals surface area contributed by atoms with E-state index >= 15 is 0 Å². The van der Waals surface area contributed by atoms with E-state index in [-0.39, 0.29) is 15.9 Å². The minimum Gasteiger partial charge on any atom is -0.452 e. The molecule has 0 unspecified atom stereocenters. The van der Waals surface area contributed by atoms with Crippen LogP contribution in [0.4, 0.5) is 0 Å². The average molecular weight is 417 g/mol. The van der Waals surface area contributed by atoms with Crippen LogP contribution in [-0.2, 0) is 24.8 Å². The Kier molecular flexibility index (Phi) is 6.58. The highest BCUT2D eigenvalue weighted by atomic mass is 32.2. The molecule has 2 aromatic rings. The Hall–Kier alpha value is -3.00. The summed E-state index contributed by atoms with van der Waals surface area (Å²) in [6.45, 7) is 5.41. The van der Waals surface area contributed by atoms with Crippen LogP contribution in [0, 0.1) is 0 Å². The van der Waals surface area contributed by atoms with Crippen LogP contribution in [0.25, 0.3) is 0 Å². The first-order valence-electron chi connectivity index (χ1n) is 8.80. The van der Waals surface area contributed by atoms with Crippen molar-refractivity contribution < 1.29 is 27.5 Å². The first kappa shape index (κ1) is 22.3. The van der Waals surface area contributed by atoms with Crippen LogP contribution in [0.2, 0.25) is 0 Å². The van der Waals surface area contributed by atoms with E-state index < -0.39 is 34.2 Å². The standard InChI is InChI=1S/C21H23NO6S/c1-21(2,3)15-11-9-14(10-12-15)19(24)22-18(23)13-28-20(25)16-7-5-6-8-17(16)29(4,26)27/h5-12H,13H2,1-4H3,(H,22,23,24). The molecular formula is C21H23NO6S. The monoisotopic (exact) mass is 417 g/mol. The van der Waals surface area contributed by atoms with Gasteiger partial charge < -0.3 is 4.74 Å². The van der Waals surface area contributed by atoms with Gasteiger partial charge in [0.15, 0.2) is 16.4 Å². The second-order valence-electron chi connectivity index (χ2n) is 7.55. The summed E-state index contributed by atoms with van der Waals surface area (Å²) in [6, 6.07) is 12.4. The third-order valence-corrected chi connectivity index (χ3v) is 5.26. The number of imide groups is 1. The van der Waals surface area contributed by atoms with Gasteiger partial charge in [-0.05, 0) is 35.2 Å². The number of esters is 1. The number of rotatable bonds is 5. The number of benzene rings is 2. The molecule has 2 aromatic carbocycles. The fourth-order valence-corrected chi connectivity index (χ4v) is 3.40. The topological polar surface area (TPSA) is 107 Å². The Morgan fingerprint density at radius 2 is 1.55 bits per heavy atom. The van der Waals surface area contributed by atoms with Gasteiger partial charge >= 0.3 is 5.97 Å². The zero-order valence-electron chi connectivity index (χ0n) is 16.7. The molecule has 0 saturated heterocycles. The molecule has 2 amide bonds. The minimum atomic E-state index is -3.64. The lowest BCUT2D eigenvalue weighted by Gasteiger charge is -2.19. The normalized spacial score (nSPS) is 11.6. The summed E-state index contributed by atoms with van der Waals surface area (Å²) >= 11 is 0. The minimum absolute atomic E-state index is 0.0682. The average Bonchev–Trinajstić information content (AvgIpc) is 2.64. The van der Waals surface area contributed by atoms with Crippen LogP contribution < -0.4 is 5.32 Å². The first-order chi connectivity index (χ1) is 13.4. The van der Waals surface area contributed by atoms with Crippen molar-refractivity contribution in [2.75, 3.05) is 12.9 Å². The molecule has 2 rings (SSSR count). The molecule has 0 bridgehead atoms. The summed E-state index contributed by atoms with van der Waals surface area (Å²) in [7, 11) is -3.64. The quantitative estimate of drug-likeness (QED) is 0.749. The van der Waals surface area contributed by atoms with Crippen molar-refractivity contribution in [3.8, 4) is 0 Å². The predicted molar refractivity (Wildman–Crippen MR) is 107 cm³/mol. The Morgan fingerprint density at radius 3 is 2.10 bits per heavy atom. The Labute approximate surface area is 170 Å². The third-order valence-electron chi connectivity index (χ3n) is 4.11. The highest BCUT2D eigenvalue weighted by Crippen LogP contribution is 2.22. The summed E-state index contributed by atoms with van der Waals surface area (Å²) in [6.07, 6.45) is 0.968. The van der Waals surface area contributed by atoms with Crippen molar-refractivity contribution in [2.24, 2.45) is 0 Å². The van der Waals surface area contributed by atoms with Crippen molar-refractivity contribution in [1.82, 2.24) is 5.32 Å². The Bertz CT molecular complexity index is 1030. The number of amides is 2. The van der Waals surface area contributed by atoms with Crippen molar-refractivity contribution in [2.45, 2.75) is 31.1 Å². The van der Waals surface area contributed by atoms with Gasteiger partial charge in [0.1, 0.15) is 0 Å². The number of hydrogen-bond acceptors (Lipinski definition) is 6. The first-order valence-corrected chi connectivity index (χ1v) is 10.7. The zero-order valence-corrected chi connectivity index (χ0v) is 17.5. The van der Waals surface area contributed by atoms with Gasteiger partial charge in [0, 0.05) is 11.8 Å². The molecule has 0 heterocycles. The number of sulfone groups is 1. The highest BCUT2D eigenvalue weighted by molar-refractivity contribution is 7.90. The fraction of sp³-hybridized carbons (Fsp3) is 0.286. The molecule has 0 atom stereocenters. The zero-order chi connectivity index (χ0) is 21.8. The van der Waals surface area contributed by atoms with Crippen molar-refractivity contribution >= 4 is 27.6 Å². The summed E-state index contributed by atoms with van der Waals surface area (Å²) in [5.74, 6) is -2.41. The second-order valence-corrected chi connectivity index (χ2v) is 9.53. The van der Waals surface area contributed by atoms with Crippen LogP contribution in [0.3, 0.4) is 0 Å². The van der Waals surface area contributed by atoms with E-state index in [0.29, 0.717) is 5.56 Å².